The molecule has 4 rings (SSSR count). The molecule has 1 saturated heterocycles. The molecular formula is C17H24ClN5. The summed E-state index contributed by atoms with van der Waals surface area (Å²) in [6, 6.07) is 0.761. The Morgan fingerprint density at radius 2 is 1.78 bits per heavy atom. The molecule has 2 aromatic heterocycles. The molecule has 1 saturated carbocycles. The van der Waals surface area contributed by atoms with E-state index >= 15 is 0 Å². The summed E-state index contributed by atoms with van der Waals surface area (Å²) in [6.45, 7) is 4.85. The quantitative estimate of drug-likeness (QED) is 0.846. The van der Waals surface area contributed by atoms with Gasteiger partial charge < -0.3 is 4.90 Å². The second-order valence-corrected chi connectivity index (χ2v) is 7.29. The third-order valence-corrected chi connectivity index (χ3v) is 5.85. The Balaban J connectivity index is 1.44. The van der Waals surface area contributed by atoms with Crippen molar-refractivity contribution in [3.05, 3.63) is 29.6 Å². The topological polar surface area (TPSA) is 36.7 Å². The third-order valence-electron chi connectivity index (χ3n) is 5.56. The van der Waals surface area contributed by atoms with Crippen LogP contribution < -0.4 is 0 Å². The van der Waals surface area contributed by atoms with Gasteiger partial charge in [0.25, 0.3) is 0 Å². The van der Waals surface area contributed by atoms with E-state index in [1.165, 1.54) is 51.9 Å². The fourth-order valence-electron chi connectivity index (χ4n) is 4.10. The fourth-order valence-corrected chi connectivity index (χ4v) is 4.30. The molecule has 23 heavy (non-hydrogen) atoms. The van der Waals surface area contributed by atoms with Crippen molar-refractivity contribution in [2.24, 2.45) is 0 Å². The number of halogens is 1. The van der Waals surface area contributed by atoms with Gasteiger partial charge in [0.1, 0.15) is 11.3 Å². The molecule has 1 aliphatic heterocycles. The number of hydrogen-bond acceptors (Lipinski definition) is 4. The number of piperazine rings is 1. The highest BCUT2D eigenvalue weighted by molar-refractivity contribution is 6.32. The number of hydrogen-bond donors (Lipinski definition) is 0. The summed E-state index contributed by atoms with van der Waals surface area (Å²) in [5, 5.41) is 0.539. The summed E-state index contributed by atoms with van der Waals surface area (Å²) in [4.78, 5) is 13.9. The van der Waals surface area contributed by atoms with Crippen molar-refractivity contribution >= 4 is 17.1 Å². The van der Waals surface area contributed by atoms with E-state index in [9.17, 15) is 0 Å². The molecule has 0 bridgehead atoms. The fraction of sp³-hybridized carbons (Fsp3) is 0.647. The second-order valence-electron chi connectivity index (χ2n) is 6.93. The highest BCUT2D eigenvalue weighted by Gasteiger charge is 2.29. The van der Waals surface area contributed by atoms with Gasteiger partial charge in [0, 0.05) is 50.5 Å². The molecule has 2 aromatic rings. The van der Waals surface area contributed by atoms with Crippen LogP contribution in [0.4, 0.5) is 0 Å². The molecular weight excluding hydrogens is 310 g/mol. The zero-order valence-electron chi connectivity index (χ0n) is 13.7. The highest BCUT2D eigenvalue weighted by Crippen LogP contribution is 2.35. The first kappa shape index (κ1) is 15.4. The first-order valence-electron chi connectivity index (χ1n) is 8.62. The van der Waals surface area contributed by atoms with Crippen LogP contribution in [-0.4, -0.2) is 63.4 Å². The average molecular weight is 334 g/mol. The van der Waals surface area contributed by atoms with Gasteiger partial charge in [-0.15, -0.1) is 0 Å². The molecule has 0 unspecified atom stereocenters. The van der Waals surface area contributed by atoms with Crippen LogP contribution in [0.15, 0.2) is 18.6 Å². The van der Waals surface area contributed by atoms with Crippen LogP contribution in [0.3, 0.4) is 0 Å². The summed E-state index contributed by atoms with van der Waals surface area (Å²) in [5.74, 6) is 1.70. The lowest BCUT2D eigenvalue weighted by atomic mass is 9.84. The van der Waals surface area contributed by atoms with Crippen molar-refractivity contribution in [2.45, 2.75) is 37.6 Å². The Hall–Kier alpha value is -1.17. The van der Waals surface area contributed by atoms with E-state index in [0.29, 0.717) is 11.1 Å². The predicted molar refractivity (Wildman–Crippen MR) is 92.1 cm³/mol. The number of nitrogens with zero attached hydrogens (tertiary/aromatic N) is 5. The van der Waals surface area contributed by atoms with Gasteiger partial charge in [-0.1, -0.05) is 11.6 Å². The monoisotopic (exact) mass is 333 g/mol. The van der Waals surface area contributed by atoms with Crippen molar-refractivity contribution in [2.75, 3.05) is 33.2 Å². The molecule has 2 fully saturated rings. The molecule has 6 heteroatoms. The normalized spacial score (nSPS) is 27.6. The molecule has 124 valence electrons. The molecule has 3 heterocycles. The van der Waals surface area contributed by atoms with E-state index in [0.717, 1.165) is 17.4 Å². The lowest BCUT2D eigenvalue weighted by molar-refractivity contribution is 0.0872. The van der Waals surface area contributed by atoms with Crippen molar-refractivity contribution < 1.29 is 0 Å². The molecule has 5 nitrogen and oxygen atoms in total. The number of fused-ring (bicyclic) bond motifs is 1. The van der Waals surface area contributed by atoms with Gasteiger partial charge in [-0.2, -0.15) is 0 Å². The third kappa shape index (κ3) is 2.97. The summed E-state index contributed by atoms with van der Waals surface area (Å²) in [6.07, 6.45) is 10.6. The van der Waals surface area contributed by atoms with Crippen molar-refractivity contribution in [1.82, 2.24) is 24.2 Å². The summed E-state index contributed by atoms with van der Waals surface area (Å²) in [5.41, 5.74) is 0.922. The highest BCUT2D eigenvalue weighted by atomic mass is 35.5. The minimum Gasteiger partial charge on any atom is -0.304 e. The van der Waals surface area contributed by atoms with Crippen molar-refractivity contribution in [1.29, 1.82) is 0 Å². The first-order valence-corrected chi connectivity index (χ1v) is 9.00. The zero-order chi connectivity index (χ0) is 15.8. The number of imidazole rings is 1. The molecule has 0 aromatic carbocycles. The van der Waals surface area contributed by atoms with Gasteiger partial charge in [-0.3, -0.25) is 9.30 Å². The average Bonchev–Trinajstić information content (AvgIpc) is 3.01. The number of aromatic nitrogens is 3. The molecule has 0 amide bonds. The van der Waals surface area contributed by atoms with E-state index in [1.807, 2.05) is 12.4 Å². The van der Waals surface area contributed by atoms with E-state index in [-0.39, 0.29) is 0 Å². The minimum absolute atomic E-state index is 0.539. The lowest BCUT2D eigenvalue weighted by Gasteiger charge is -2.41. The van der Waals surface area contributed by atoms with Crippen molar-refractivity contribution in [3.8, 4) is 0 Å². The van der Waals surface area contributed by atoms with Crippen LogP contribution in [0.2, 0.25) is 5.15 Å². The molecule has 0 radical (unpaired) electrons. The Labute approximate surface area is 142 Å². The Kier molecular flexibility index (Phi) is 4.26. The van der Waals surface area contributed by atoms with Crippen LogP contribution >= 0.6 is 11.6 Å². The smallest absolute Gasteiger partial charge is 0.154 e. The lowest BCUT2D eigenvalue weighted by Crippen LogP contribution is -2.49. The SMILES string of the molecule is CN1CCN([C@H]2CC[C@H](c3ncc4c(Cl)nccn43)CC2)CC1. The molecule has 2 aliphatic rings. The van der Waals surface area contributed by atoms with Gasteiger partial charge in [0.05, 0.1) is 6.20 Å². The molecule has 1 aliphatic carbocycles. The van der Waals surface area contributed by atoms with Gasteiger partial charge in [-0.05, 0) is 32.7 Å². The number of rotatable bonds is 2. The maximum atomic E-state index is 6.16. The largest absolute Gasteiger partial charge is 0.304 e. The Bertz CT molecular complexity index is 669. The number of likely N-dealkylation sites (N-methyl/N-ethyl adjacent to an activating group) is 1. The van der Waals surface area contributed by atoms with Crippen LogP contribution in [0, 0.1) is 0 Å². The predicted octanol–water partition coefficient (Wildman–Crippen LogP) is 2.66. The second kappa shape index (κ2) is 6.38. The molecule has 0 atom stereocenters. The van der Waals surface area contributed by atoms with Gasteiger partial charge in [0.2, 0.25) is 0 Å². The van der Waals surface area contributed by atoms with E-state index < -0.39 is 0 Å². The van der Waals surface area contributed by atoms with Crippen LogP contribution in [-0.2, 0) is 0 Å². The summed E-state index contributed by atoms with van der Waals surface area (Å²) < 4.78 is 2.12. The summed E-state index contributed by atoms with van der Waals surface area (Å²) >= 11 is 6.16. The maximum Gasteiger partial charge on any atom is 0.154 e. The zero-order valence-corrected chi connectivity index (χ0v) is 14.4. The van der Waals surface area contributed by atoms with Gasteiger partial charge in [-0.25, -0.2) is 9.97 Å². The standard InChI is InChI=1S/C17H24ClN5/c1-21-8-10-22(11-9-21)14-4-2-13(3-5-14)17-20-12-15-16(18)19-6-7-23(15)17/h6-7,12-14H,2-5,8-11H2,1H3/t13-,14-. The Morgan fingerprint density at radius 3 is 2.52 bits per heavy atom. The van der Waals surface area contributed by atoms with E-state index in [4.69, 9.17) is 11.6 Å². The van der Waals surface area contributed by atoms with E-state index in [2.05, 4.69) is 31.2 Å². The Morgan fingerprint density at radius 1 is 1.04 bits per heavy atom. The van der Waals surface area contributed by atoms with Crippen molar-refractivity contribution in [3.63, 3.8) is 0 Å². The minimum atomic E-state index is 0.539. The van der Waals surface area contributed by atoms with E-state index in [1.54, 1.807) is 6.20 Å². The van der Waals surface area contributed by atoms with Crippen LogP contribution in [0.5, 0.6) is 0 Å². The maximum absolute atomic E-state index is 6.16. The first-order chi connectivity index (χ1) is 11.2. The van der Waals surface area contributed by atoms with Crippen LogP contribution in [0.25, 0.3) is 5.52 Å². The van der Waals surface area contributed by atoms with Gasteiger partial charge in [0.15, 0.2) is 5.15 Å². The summed E-state index contributed by atoms with van der Waals surface area (Å²) in [7, 11) is 2.22. The molecule has 0 spiro atoms. The van der Waals surface area contributed by atoms with Crippen LogP contribution in [0.1, 0.15) is 37.4 Å². The molecule has 0 N–H and O–H groups in total. The van der Waals surface area contributed by atoms with Gasteiger partial charge >= 0.3 is 0 Å².